The third-order valence-corrected chi connectivity index (χ3v) is 7.99. The van der Waals surface area contributed by atoms with Gasteiger partial charge in [-0.3, -0.25) is 13.9 Å². The Hall–Kier alpha value is -2.29. The van der Waals surface area contributed by atoms with Gasteiger partial charge in [0.2, 0.25) is 21.8 Å². The van der Waals surface area contributed by atoms with E-state index in [1.807, 2.05) is 31.2 Å². The minimum Gasteiger partial charge on any atom is -0.352 e. The lowest BCUT2D eigenvalue weighted by atomic mass is 10.1. The van der Waals surface area contributed by atoms with Crippen LogP contribution in [0.4, 0.5) is 5.69 Å². The summed E-state index contributed by atoms with van der Waals surface area (Å²) in [5.41, 5.74) is 1.98. The van der Waals surface area contributed by atoms with E-state index in [0.29, 0.717) is 5.02 Å². The van der Waals surface area contributed by atoms with Gasteiger partial charge in [-0.2, -0.15) is 0 Å². The van der Waals surface area contributed by atoms with E-state index in [-0.39, 0.29) is 29.2 Å². The quantitative estimate of drug-likeness (QED) is 0.506. The van der Waals surface area contributed by atoms with Gasteiger partial charge in [0.05, 0.1) is 17.0 Å². The zero-order valence-electron chi connectivity index (χ0n) is 20.1. The summed E-state index contributed by atoms with van der Waals surface area (Å²) in [7, 11) is -3.87. The molecule has 0 radical (unpaired) electrons. The van der Waals surface area contributed by atoms with Crippen LogP contribution >= 0.6 is 23.2 Å². The van der Waals surface area contributed by atoms with E-state index in [1.54, 1.807) is 6.92 Å². The summed E-state index contributed by atoms with van der Waals surface area (Å²) in [4.78, 5) is 28.1. The van der Waals surface area contributed by atoms with Gasteiger partial charge in [0.25, 0.3) is 0 Å². The second kappa shape index (κ2) is 11.6. The van der Waals surface area contributed by atoms with Crippen LogP contribution in [-0.4, -0.2) is 50.0 Å². The molecule has 1 fully saturated rings. The molecule has 7 nitrogen and oxygen atoms in total. The predicted molar refractivity (Wildman–Crippen MR) is 140 cm³/mol. The van der Waals surface area contributed by atoms with Gasteiger partial charge in [0.1, 0.15) is 12.6 Å². The summed E-state index contributed by atoms with van der Waals surface area (Å²) in [5, 5.41) is 3.49. The summed E-state index contributed by atoms with van der Waals surface area (Å²) in [6, 6.07) is 11.3. The van der Waals surface area contributed by atoms with Gasteiger partial charge in [0.15, 0.2) is 0 Å². The average molecular weight is 541 g/mol. The van der Waals surface area contributed by atoms with Crippen LogP contribution in [0.15, 0.2) is 42.5 Å². The smallest absolute Gasteiger partial charge is 0.244 e. The van der Waals surface area contributed by atoms with E-state index in [9.17, 15) is 18.0 Å². The number of nitrogens with zero attached hydrogens (tertiary/aromatic N) is 2. The maximum Gasteiger partial charge on any atom is 0.244 e. The minimum atomic E-state index is -3.87. The Morgan fingerprint density at radius 2 is 1.77 bits per heavy atom. The number of sulfonamides is 1. The first-order valence-electron chi connectivity index (χ1n) is 11.5. The SMILES string of the molecule is Cc1ccccc1CN(C(=O)CN(c1ccc(Cl)cc1Cl)S(C)(=O)=O)[C@@H](C)C(=O)NC1CCCC1. The van der Waals surface area contributed by atoms with Gasteiger partial charge in [-0.05, 0) is 56.0 Å². The third kappa shape index (κ3) is 7.12. The first-order valence-corrected chi connectivity index (χ1v) is 14.1. The molecule has 2 amide bonds. The number of benzene rings is 2. The summed E-state index contributed by atoms with van der Waals surface area (Å²) < 4.78 is 26.3. The fourth-order valence-corrected chi connectivity index (χ4v) is 5.65. The van der Waals surface area contributed by atoms with Crippen molar-refractivity contribution in [1.82, 2.24) is 10.2 Å². The average Bonchev–Trinajstić information content (AvgIpc) is 3.29. The van der Waals surface area contributed by atoms with Crippen LogP contribution in [0, 0.1) is 6.92 Å². The fourth-order valence-electron chi connectivity index (χ4n) is 4.22. The molecule has 0 spiro atoms. The predicted octanol–water partition coefficient (Wildman–Crippen LogP) is 4.54. The van der Waals surface area contributed by atoms with Crippen LogP contribution in [0.1, 0.15) is 43.7 Å². The molecule has 0 bridgehead atoms. The van der Waals surface area contributed by atoms with Crippen molar-refractivity contribution in [2.75, 3.05) is 17.1 Å². The first kappa shape index (κ1) is 27.3. The number of halogens is 2. The van der Waals surface area contributed by atoms with Crippen molar-refractivity contribution in [3.63, 3.8) is 0 Å². The lowest BCUT2D eigenvalue weighted by Gasteiger charge is -2.32. The topological polar surface area (TPSA) is 86.8 Å². The third-order valence-electron chi connectivity index (χ3n) is 6.33. The van der Waals surface area contributed by atoms with Crippen molar-refractivity contribution in [3.8, 4) is 0 Å². The van der Waals surface area contributed by atoms with E-state index < -0.39 is 28.5 Å². The number of hydrogen-bond donors (Lipinski definition) is 1. The molecule has 1 saturated carbocycles. The Kier molecular flexibility index (Phi) is 9.07. The van der Waals surface area contributed by atoms with Gasteiger partial charge in [0, 0.05) is 17.6 Å². The van der Waals surface area contributed by atoms with Crippen molar-refractivity contribution in [2.24, 2.45) is 0 Å². The Morgan fingerprint density at radius 1 is 1.11 bits per heavy atom. The van der Waals surface area contributed by atoms with Gasteiger partial charge in [-0.15, -0.1) is 0 Å². The van der Waals surface area contributed by atoms with Gasteiger partial charge >= 0.3 is 0 Å². The molecular formula is C25H31Cl2N3O4S. The summed E-state index contributed by atoms with van der Waals surface area (Å²) in [6.07, 6.45) is 4.97. The zero-order chi connectivity index (χ0) is 25.8. The van der Waals surface area contributed by atoms with Crippen LogP contribution in [0.5, 0.6) is 0 Å². The number of rotatable bonds is 9. The molecule has 35 heavy (non-hydrogen) atoms. The van der Waals surface area contributed by atoms with Crippen molar-refractivity contribution in [2.45, 2.75) is 58.2 Å². The molecule has 1 atom stereocenters. The molecule has 0 aromatic heterocycles. The van der Waals surface area contributed by atoms with Gasteiger partial charge < -0.3 is 10.2 Å². The molecule has 0 heterocycles. The van der Waals surface area contributed by atoms with E-state index in [4.69, 9.17) is 23.2 Å². The van der Waals surface area contributed by atoms with E-state index in [1.165, 1.54) is 23.1 Å². The highest BCUT2D eigenvalue weighted by Gasteiger charge is 2.32. The Morgan fingerprint density at radius 3 is 2.37 bits per heavy atom. The lowest BCUT2D eigenvalue weighted by molar-refractivity contribution is -0.139. The monoisotopic (exact) mass is 539 g/mol. The number of carbonyl (C=O) groups excluding carboxylic acids is 2. The number of aryl methyl sites for hydroxylation is 1. The summed E-state index contributed by atoms with van der Waals surface area (Å²) >= 11 is 12.2. The lowest BCUT2D eigenvalue weighted by Crippen LogP contribution is -2.52. The molecule has 2 aromatic carbocycles. The molecule has 1 aliphatic rings. The highest BCUT2D eigenvalue weighted by molar-refractivity contribution is 7.92. The van der Waals surface area contributed by atoms with Gasteiger partial charge in [-0.25, -0.2) is 8.42 Å². The van der Waals surface area contributed by atoms with Crippen molar-refractivity contribution in [3.05, 3.63) is 63.6 Å². The number of carbonyl (C=O) groups is 2. The molecule has 2 aromatic rings. The van der Waals surface area contributed by atoms with Crippen LogP contribution in [-0.2, 0) is 26.2 Å². The largest absolute Gasteiger partial charge is 0.352 e. The number of anilines is 1. The van der Waals surface area contributed by atoms with Crippen LogP contribution in [0.25, 0.3) is 0 Å². The number of hydrogen-bond acceptors (Lipinski definition) is 4. The normalized spacial score (nSPS) is 15.0. The maximum absolute atomic E-state index is 13.6. The maximum atomic E-state index is 13.6. The second-order valence-corrected chi connectivity index (χ2v) is 11.7. The van der Waals surface area contributed by atoms with Crippen LogP contribution < -0.4 is 9.62 Å². The molecule has 1 aliphatic carbocycles. The van der Waals surface area contributed by atoms with Gasteiger partial charge in [-0.1, -0.05) is 60.3 Å². The van der Waals surface area contributed by atoms with E-state index in [2.05, 4.69) is 5.32 Å². The van der Waals surface area contributed by atoms with Crippen LogP contribution in [0.3, 0.4) is 0 Å². The Labute approximate surface area is 217 Å². The highest BCUT2D eigenvalue weighted by atomic mass is 35.5. The Bertz CT molecular complexity index is 1180. The van der Waals surface area contributed by atoms with Crippen LogP contribution in [0.2, 0.25) is 10.0 Å². The second-order valence-electron chi connectivity index (χ2n) is 8.98. The first-order chi connectivity index (χ1) is 16.5. The number of nitrogens with one attached hydrogen (secondary N) is 1. The molecule has 1 N–H and O–H groups in total. The summed E-state index contributed by atoms with van der Waals surface area (Å²) in [6.45, 7) is 3.25. The minimum absolute atomic E-state index is 0.0979. The molecular weight excluding hydrogens is 509 g/mol. The molecule has 0 unspecified atom stereocenters. The Balaban J connectivity index is 1.91. The van der Waals surface area contributed by atoms with Crippen molar-refractivity contribution in [1.29, 1.82) is 0 Å². The fraction of sp³-hybridized carbons (Fsp3) is 0.440. The van der Waals surface area contributed by atoms with E-state index >= 15 is 0 Å². The molecule has 190 valence electrons. The molecule has 3 rings (SSSR count). The molecule has 0 saturated heterocycles. The standard InChI is InChI=1S/C25H31Cl2N3O4S/c1-17-8-4-5-9-19(17)15-29(18(2)25(32)28-21-10-6-7-11-21)24(31)16-30(35(3,33)34)23-13-12-20(26)14-22(23)27/h4-5,8-9,12-14,18,21H,6-7,10-11,15-16H2,1-3H3,(H,28,32)/t18-/m0/s1. The van der Waals surface area contributed by atoms with Crippen molar-refractivity contribution < 1.29 is 18.0 Å². The highest BCUT2D eigenvalue weighted by Crippen LogP contribution is 2.30. The molecule has 10 heteroatoms. The molecule has 0 aliphatic heterocycles. The summed E-state index contributed by atoms with van der Waals surface area (Å²) in [5.74, 6) is -0.770. The zero-order valence-corrected chi connectivity index (χ0v) is 22.5. The van der Waals surface area contributed by atoms with Crippen molar-refractivity contribution >= 4 is 50.7 Å². The van der Waals surface area contributed by atoms with E-state index in [0.717, 1.165) is 47.4 Å². The number of amides is 2.